The van der Waals surface area contributed by atoms with Crippen molar-refractivity contribution in [1.29, 1.82) is 0 Å². The molecule has 0 aliphatic carbocycles. The summed E-state index contributed by atoms with van der Waals surface area (Å²) in [5, 5.41) is 6.04. The standard InChI is InChI=1S/C19H25N3O3S/c1-12-6-8-16(9-7-12)14(3)22(5)18(23)11-26-15(4)19(24)20-17-10-13(2)25-21-17/h6-10,14-15H,11H2,1-5H3,(H,20,21,24). The van der Waals surface area contributed by atoms with Gasteiger partial charge < -0.3 is 14.7 Å². The Kier molecular flexibility index (Phi) is 6.85. The van der Waals surface area contributed by atoms with E-state index < -0.39 is 0 Å². The zero-order chi connectivity index (χ0) is 19.3. The van der Waals surface area contributed by atoms with Gasteiger partial charge in [-0.05, 0) is 33.3 Å². The number of anilines is 1. The van der Waals surface area contributed by atoms with E-state index in [1.807, 2.05) is 38.1 Å². The molecule has 140 valence electrons. The summed E-state index contributed by atoms with van der Waals surface area (Å²) >= 11 is 1.30. The number of carbonyl (C=O) groups is 2. The van der Waals surface area contributed by atoms with Gasteiger partial charge in [0.2, 0.25) is 11.8 Å². The zero-order valence-corrected chi connectivity index (χ0v) is 16.6. The molecule has 0 aliphatic heterocycles. The van der Waals surface area contributed by atoms with Gasteiger partial charge in [-0.15, -0.1) is 11.8 Å². The summed E-state index contributed by atoms with van der Waals surface area (Å²) in [6.07, 6.45) is 0. The molecule has 0 saturated heterocycles. The highest BCUT2D eigenvalue weighted by Crippen LogP contribution is 2.21. The molecule has 6 nitrogen and oxygen atoms in total. The fourth-order valence-corrected chi connectivity index (χ4v) is 3.12. The predicted molar refractivity (Wildman–Crippen MR) is 104 cm³/mol. The molecule has 1 aromatic carbocycles. The molecule has 7 heteroatoms. The van der Waals surface area contributed by atoms with Gasteiger partial charge in [-0.25, -0.2) is 0 Å². The molecule has 0 fully saturated rings. The Bertz CT molecular complexity index is 758. The Morgan fingerprint density at radius 3 is 2.46 bits per heavy atom. The second-order valence-electron chi connectivity index (χ2n) is 6.36. The van der Waals surface area contributed by atoms with E-state index in [0.717, 1.165) is 5.56 Å². The van der Waals surface area contributed by atoms with Crippen LogP contribution in [0.4, 0.5) is 5.82 Å². The fourth-order valence-electron chi connectivity index (χ4n) is 2.31. The van der Waals surface area contributed by atoms with Gasteiger partial charge in [0.1, 0.15) is 5.76 Å². The summed E-state index contributed by atoms with van der Waals surface area (Å²) < 4.78 is 4.92. The molecule has 2 rings (SSSR count). The van der Waals surface area contributed by atoms with Gasteiger partial charge in [-0.3, -0.25) is 9.59 Å². The van der Waals surface area contributed by atoms with Crippen molar-refractivity contribution in [1.82, 2.24) is 10.1 Å². The van der Waals surface area contributed by atoms with Crippen LogP contribution in [0.2, 0.25) is 0 Å². The third kappa shape index (κ3) is 5.36. The molecule has 0 bridgehead atoms. The molecule has 0 aliphatic rings. The number of nitrogens with one attached hydrogen (secondary N) is 1. The van der Waals surface area contributed by atoms with Gasteiger partial charge in [0.25, 0.3) is 0 Å². The number of amides is 2. The van der Waals surface area contributed by atoms with Gasteiger partial charge in [-0.1, -0.05) is 35.0 Å². The van der Waals surface area contributed by atoms with Gasteiger partial charge in [0, 0.05) is 13.1 Å². The van der Waals surface area contributed by atoms with Crippen LogP contribution in [0.3, 0.4) is 0 Å². The average Bonchev–Trinajstić information content (AvgIpc) is 3.03. The van der Waals surface area contributed by atoms with Crippen molar-refractivity contribution in [3.63, 3.8) is 0 Å². The second-order valence-corrected chi connectivity index (χ2v) is 7.69. The maximum Gasteiger partial charge on any atom is 0.238 e. The van der Waals surface area contributed by atoms with Gasteiger partial charge in [0.15, 0.2) is 5.82 Å². The number of aromatic nitrogens is 1. The first-order chi connectivity index (χ1) is 12.3. The predicted octanol–water partition coefficient (Wildman–Crippen LogP) is 3.57. The molecule has 2 amide bonds. The Morgan fingerprint density at radius 2 is 1.88 bits per heavy atom. The Balaban J connectivity index is 1.84. The number of hydrogen-bond acceptors (Lipinski definition) is 5. The lowest BCUT2D eigenvalue weighted by atomic mass is 10.1. The fraction of sp³-hybridized carbons (Fsp3) is 0.421. The summed E-state index contributed by atoms with van der Waals surface area (Å²) in [7, 11) is 1.79. The molecule has 0 saturated carbocycles. The van der Waals surface area contributed by atoms with Gasteiger partial charge in [0.05, 0.1) is 17.0 Å². The van der Waals surface area contributed by atoms with Gasteiger partial charge >= 0.3 is 0 Å². The van der Waals surface area contributed by atoms with Crippen LogP contribution < -0.4 is 5.32 Å². The summed E-state index contributed by atoms with van der Waals surface area (Å²) in [6.45, 7) is 7.55. The molecule has 2 aromatic rings. The van der Waals surface area contributed by atoms with Crippen LogP contribution in [-0.4, -0.2) is 39.9 Å². The van der Waals surface area contributed by atoms with E-state index in [1.54, 1.807) is 31.9 Å². The van der Waals surface area contributed by atoms with Crippen LogP contribution in [0, 0.1) is 13.8 Å². The largest absolute Gasteiger partial charge is 0.360 e. The quantitative estimate of drug-likeness (QED) is 0.801. The number of benzene rings is 1. The van der Waals surface area contributed by atoms with Crippen LogP contribution in [-0.2, 0) is 9.59 Å². The minimum Gasteiger partial charge on any atom is -0.360 e. The first-order valence-electron chi connectivity index (χ1n) is 8.46. The second kappa shape index (κ2) is 8.89. The molecular formula is C19H25N3O3S. The third-order valence-electron chi connectivity index (χ3n) is 4.24. The van der Waals surface area contributed by atoms with E-state index in [4.69, 9.17) is 4.52 Å². The lowest BCUT2D eigenvalue weighted by Gasteiger charge is -2.26. The van der Waals surface area contributed by atoms with Crippen LogP contribution >= 0.6 is 11.8 Å². The SMILES string of the molecule is Cc1ccc(C(C)N(C)C(=O)CSC(C)C(=O)Nc2cc(C)on2)cc1. The number of nitrogens with zero attached hydrogens (tertiary/aromatic N) is 2. The van der Waals surface area contributed by atoms with Crippen molar-refractivity contribution in [3.8, 4) is 0 Å². The maximum absolute atomic E-state index is 12.5. The molecule has 0 spiro atoms. The third-order valence-corrected chi connectivity index (χ3v) is 5.37. The van der Waals surface area contributed by atoms with E-state index in [1.165, 1.54) is 17.3 Å². The number of rotatable bonds is 7. The summed E-state index contributed by atoms with van der Waals surface area (Å²) in [5.41, 5.74) is 2.27. The highest BCUT2D eigenvalue weighted by Gasteiger charge is 2.21. The Hall–Kier alpha value is -2.28. The summed E-state index contributed by atoms with van der Waals surface area (Å²) in [5.74, 6) is 1.03. The first-order valence-corrected chi connectivity index (χ1v) is 9.51. The minimum atomic E-state index is -0.376. The Morgan fingerprint density at radius 1 is 1.23 bits per heavy atom. The van der Waals surface area contributed by atoms with Crippen LogP contribution in [0.15, 0.2) is 34.9 Å². The summed E-state index contributed by atoms with van der Waals surface area (Å²) in [4.78, 5) is 26.3. The van der Waals surface area contributed by atoms with Crippen molar-refractivity contribution in [3.05, 3.63) is 47.2 Å². The van der Waals surface area contributed by atoms with E-state index in [9.17, 15) is 9.59 Å². The van der Waals surface area contributed by atoms with Crippen LogP contribution in [0.25, 0.3) is 0 Å². The molecule has 26 heavy (non-hydrogen) atoms. The van der Waals surface area contributed by atoms with Crippen molar-refractivity contribution in [2.45, 2.75) is 39.0 Å². The maximum atomic E-state index is 12.5. The lowest BCUT2D eigenvalue weighted by molar-refractivity contribution is -0.128. The van der Waals surface area contributed by atoms with Crippen molar-refractivity contribution in [2.75, 3.05) is 18.1 Å². The zero-order valence-electron chi connectivity index (χ0n) is 15.8. The van der Waals surface area contributed by atoms with Crippen molar-refractivity contribution < 1.29 is 14.1 Å². The van der Waals surface area contributed by atoms with E-state index >= 15 is 0 Å². The number of hydrogen-bond donors (Lipinski definition) is 1. The van der Waals surface area contributed by atoms with Crippen molar-refractivity contribution >= 4 is 29.4 Å². The topological polar surface area (TPSA) is 75.4 Å². The van der Waals surface area contributed by atoms with E-state index in [2.05, 4.69) is 10.5 Å². The molecule has 2 unspecified atom stereocenters. The number of thioether (sulfide) groups is 1. The molecule has 1 N–H and O–H groups in total. The highest BCUT2D eigenvalue weighted by molar-refractivity contribution is 8.01. The van der Waals surface area contributed by atoms with E-state index in [0.29, 0.717) is 11.6 Å². The van der Waals surface area contributed by atoms with Crippen LogP contribution in [0.5, 0.6) is 0 Å². The smallest absolute Gasteiger partial charge is 0.238 e. The minimum absolute atomic E-state index is 0.0139. The number of aryl methyl sites for hydroxylation is 2. The molecule has 2 atom stereocenters. The highest BCUT2D eigenvalue weighted by atomic mass is 32.2. The molecule has 1 aromatic heterocycles. The first kappa shape index (κ1) is 20.0. The van der Waals surface area contributed by atoms with Crippen LogP contribution in [0.1, 0.15) is 36.8 Å². The average molecular weight is 375 g/mol. The Labute approximate surface area is 158 Å². The monoisotopic (exact) mass is 375 g/mol. The molecular weight excluding hydrogens is 350 g/mol. The number of carbonyl (C=O) groups excluding carboxylic acids is 2. The summed E-state index contributed by atoms with van der Waals surface area (Å²) in [6, 6.07) is 9.77. The normalized spacial score (nSPS) is 13.1. The molecule has 0 radical (unpaired) electrons. The molecule has 1 heterocycles. The van der Waals surface area contributed by atoms with E-state index in [-0.39, 0.29) is 28.9 Å². The van der Waals surface area contributed by atoms with Crippen molar-refractivity contribution in [2.24, 2.45) is 0 Å². The lowest BCUT2D eigenvalue weighted by Crippen LogP contribution is -2.32. The van der Waals surface area contributed by atoms with Gasteiger partial charge in [-0.2, -0.15) is 0 Å².